The molecule has 0 aliphatic rings. The van der Waals surface area contributed by atoms with Crippen LogP contribution in [0.2, 0.25) is 0 Å². The molecule has 13 heteroatoms. The first-order valence-corrected chi connectivity index (χ1v) is 11.3. The standard InChI is InChI=1S/C22H18N4O8S/c1-15-2-10-20(11-3-15)35(32,33)34-19-8-4-16(5-9-19)14-23-24-22(27)12-17-6-7-18(25(28)29)13-21(17)26(30)31/h2-11,13-14H,12H2,1H3,(H,24,27). The molecule has 0 aliphatic carbocycles. The van der Waals surface area contributed by atoms with Crippen LogP contribution in [-0.2, 0) is 21.3 Å². The van der Waals surface area contributed by atoms with Crippen LogP contribution in [0.1, 0.15) is 16.7 Å². The summed E-state index contributed by atoms with van der Waals surface area (Å²) in [4.78, 5) is 32.5. The van der Waals surface area contributed by atoms with E-state index < -0.39 is 43.7 Å². The Morgan fingerprint density at radius 3 is 2.26 bits per heavy atom. The molecule has 3 aromatic carbocycles. The molecule has 3 rings (SSSR count). The largest absolute Gasteiger partial charge is 0.379 e. The van der Waals surface area contributed by atoms with Gasteiger partial charge < -0.3 is 4.18 Å². The van der Waals surface area contributed by atoms with Crippen LogP contribution in [0.15, 0.2) is 76.7 Å². The molecule has 0 aromatic heterocycles. The summed E-state index contributed by atoms with van der Waals surface area (Å²) < 4.78 is 29.8. The number of hydrogen-bond donors (Lipinski definition) is 1. The number of nitro groups is 2. The van der Waals surface area contributed by atoms with Gasteiger partial charge in [-0.05, 0) is 55.0 Å². The van der Waals surface area contributed by atoms with Gasteiger partial charge in [0.15, 0.2) is 0 Å². The van der Waals surface area contributed by atoms with Crippen LogP contribution >= 0.6 is 0 Å². The summed E-state index contributed by atoms with van der Waals surface area (Å²) in [5.74, 6) is -0.598. The van der Waals surface area contributed by atoms with E-state index in [1.807, 2.05) is 6.92 Å². The first-order chi connectivity index (χ1) is 16.5. The minimum absolute atomic E-state index is 0.00964. The van der Waals surface area contributed by atoms with Crippen LogP contribution in [0.5, 0.6) is 5.75 Å². The van der Waals surface area contributed by atoms with Gasteiger partial charge in [-0.25, -0.2) is 5.43 Å². The molecule has 180 valence electrons. The van der Waals surface area contributed by atoms with Crippen molar-refractivity contribution in [3.05, 3.63) is 104 Å². The lowest BCUT2D eigenvalue weighted by atomic mass is 10.1. The fourth-order valence-electron chi connectivity index (χ4n) is 2.87. The molecule has 1 amide bonds. The summed E-state index contributed by atoms with van der Waals surface area (Å²) in [6.07, 6.45) is 0.857. The topological polar surface area (TPSA) is 171 Å². The maximum atomic E-state index is 12.3. The Morgan fingerprint density at radius 1 is 1.00 bits per heavy atom. The van der Waals surface area contributed by atoms with Gasteiger partial charge in [-0.2, -0.15) is 13.5 Å². The average Bonchev–Trinajstić information content (AvgIpc) is 2.80. The van der Waals surface area contributed by atoms with E-state index in [9.17, 15) is 33.4 Å². The molecule has 0 bridgehead atoms. The molecule has 0 unspecified atom stereocenters. The minimum atomic E-state index is -3.99. The number of aryl methyl sites for hydroxylation is 1. The predicted molar refractivity (Wildman–Crippen MR) is 125 cm³/mol. The smallest absolute Gasteiger partial charge is 0.339 e. The lowest BCUT2D eigenvalue weighted by Gasteiger charge is -2.07. The average molecular weight is 498 g/mol. The van der Waals surface area contributed by atoms with Crippen LogP contribution in [0.3, 0.4) is 0 Å². The maximum absolute atomic E-state index is 12.3. The van der Waals surface area contributed by atoms with Gasteiger partial charge in [-0.15, -0.1) is 0 Å². The lowest BCUT2D eigenvalue weighted by Crippen LogP contribution is -2.20. The zero-order chi connectivity index (χ0) is 25.6. The molecule has 35 heavy (non-hydrogen) atoms. The maximum Gasteiger partial charge on any atom is 0.339 e. The van der Waals surface area contributed by atoms with Crippen molar-refractivity contribution in [2.24, 2.45) is 5.10 Å². The second kappa shape index (κ2) is 10.5. The van der Waals surface area contributed by atoms with Crippen molar-refractivity contribution in [1.82, 2.24) is 5.43 Å². The Hall–Kier alpha value is -4.65. The second-order valence-corrected chi connectivity index (χ2v) is 8.76. The number of benzene rings is 3. The molecule has 0 spiro atoms. The van der Waals surface area contributed by atoms with E-state index in [4.69, 9.17) is 4.18 Å². The van der Waals surface area contributed by atoms with Crippen molar-refractivity contribution in [1.29, 1.82) is 0 Å². The Bertz CT molecular complexity index is 1400. The van der Waals surface area contributed by atoms with Crippen molar-refractivity contribution in [2.75, 3.05) is 0 Å². The fourth-order valence-corrected chi connectivity index (χ4v) is 3.80. The van der Waals surface area contributed by atoms with Gasteiger partial charge in [0.25, 0.3) is 11.4 Å². The van der Waals surface area contributed by atoms with Gasteiger partial charge in [-0.3, -0.25) is 25.0 Å². The number of non-ortho nitro benzene ring substituents is 1. The zero-order valence-corrected chi connectivity index (χ0v) is 19.0. The molecule has 0 saturated heterocycles. The molecule has 0 atom stereocenters. The van der Waals surface area contributed by atoms with Gasteiger partial charge in [0, 0.05) is 11.6 Å². The molecular formula is C22H18N4O8S. The number of carbonyl (C=O) groups is 1. The van der Waals surface area contributed by atoms with Gasteiger partial charge >= 0.3 is 10.1 Å². The van der Waals surface area contributed by atoms with Crippen LogP contribution < -0.4 is 9.61 Å². The molecule has 1 N–H and O–H groups in total. The number of carbonyl (C=O) groups excluding carboxylic acids is 1. The summed E-state index contributed by atoms with van der Waals surface area (Å²) >= 11 is 0. The predicted octanol–water partition coefficient (Wildman–Crippen LogP) is 3.27. The summed E-state index contributed by atoms with van der Waals surface area (Å²) in [6.45, 7) is 1.83. The SMILES string of the molecule is Cc1ccc(S(=O)(=O)Oc2ccc(C=NNC(=O)Cc3ccc([N+](=O)[O-])cc3[N+](=O)[O-])cc2)cc1. The molecule has 12 nitrogen and oxygen atoms in total. The molecule has 0 heterocycles. The molecule has 0 aliphatic heterocycles. The number of nitrogens with zero attached hydrogens (tertiary/aromatic N) is 3. The normalized spacial score (nSPS) is 11.2. The van der Waals surface area contributed by atoms with E-state index in [0.717, 1.165) is 23.8 Å². The Morgan fingerprint density at radius 2 is 1.66 bits per heavy atom. The first kappa shape index (κ1) is 25.0. The molecule has 0 saturated carbocycles. The van der Waals surface area contributed by atoms with Crippen molar-refractivity contribution in [3.63, 3.8) is 0 Å². The number of rotatable bonds is 9. The number of nitrogens with one attached hydrogen (secondary N) is 1. The monoisotopic (exact) mass is 498 g/mol. The zero-order valence-electron chi connectivity index (χ0n) is 18.2. The van der Waals surface area contributed by atoms with Gasteiger partial charge in [-0.1, -0.05) is 17.7 Å². The van der Waals surface area contributed by atoms with E-state index >= 15 is 0 Å². The quantitative estimate of drug-likeness (QED) is 0.203. The third-order valence-electron chi connectivity index (χ3n) is 4.63. The third kappa shape index (κ3) is 6.68. The molecule has 0 fully saturated rings. The van der Waals surface area contributed by atoms with Gasteiger partial charge in [0.05, 0.1) is 28.5 Å². The van der Waals surface area contributed by atoms with Gasteiger partial charge in [0.2, 0.25) is 5.91 Å². The third-order valence-corrected chi connectivity index (χ3v) is 5.89. The van der Waals surface area contributed by atoms with Crippen molar-refractivity contribution >= 4 is 33.6 Å². The summed E-state index contributed by atoms with van der Waals surface area (Å²) in [6, 6.07) is 15.0. The van der Waals surface area contributed by atoms with Crippen LogP contribution in [0.4, 0.5) is 11.4 Å². The number of hydrazone groups is 1. The highest BCUT2D eigenvalue weighted by Crippen LogP contribution is 2.25. The Labute approximate surface area is 199 Å². The minimum Gasteiger partial charge on any atom is -0.379 e. The number of amides is 1. The lowest BCUT2D eigenvalue weighted by molar-refractivity contribution is -0.394. The van der Waals surface area contributed by atoms with Crippen LogP contribution in [0, 0.1) is 27.2 Å². The first-order valence-electron chi connectivity index (χ1n) is 9.90. The summed E-state index contributed by atoms with van der Waals surface area (Å²) in [5.41, 5.74) is 2.61. The number of hydrogen-bond acceptors (Lipinski definition) is 9. The van der Waals surface area contributed by atoms with E-state index in [1.54, 1.807) is 12.1 Å². The highest BCUT2D eigenvalue weighted by atomic mass is 32.2. The Kier molecular flexibility index (Phi) is 7.51. The molecule has 0 radical (unpaired) electrons. The summed E-state index contributed by atoms with van der Waals surface area (Å²) in [7, 11) is -3.99. The second-order valence-electron chi connectivity index (χ2n) is 7.22. The van der Waals surface area contributed by atoms with Crippen molar-refractivity contribution in [3.8, 4) is 5.75 Å². The van der Waals surface area contributed by atoms with Crippen LogP contribution in [-0.4, -0.2) is 30.4 Å². The van der Waals surface area contributed by atoms with E-state index in [-0.39, 0.29) is 16.2 Å². The van der Waals surface area contributed by atoms with Crippen molar-refractivity contribution < 1.29 is 27.2 Å². The number of nitro benzene ring substituents is 2. The molecule has 3 aromatic rings. The summed E-state index contributed by atoms with van der Waals surface area (Å²) in [5, 5.41) is 25.7. The van der Waals surface area contributed by atoms with Crippen molar-refractivity contribution in [2.45, 2.75) is 18.2 Å². The fraction of sp³-hybridized carbons (Fsp3) is 0.0909. The van der Waals surface area contributed by atoms with E-state index in [2.05, 4.69) is 10.5 Å². The molecular weight excluding hydrogens is 480 g/mol. The van der Waals surface area contributed by atoms with Crippen LogP contribution in [0.25, 0.3) is 0 Å². The van der Waals surface area contributed by atoms with E-state index in [1.165, 1.54) is 42.6 Å². The van der Waals surface area contributed by atoms with Gasteiger partial charge in [0.1, 0.15) is 10.6 Å². The highest BCUT2D eigenvalue weighted by Gasteiger charge is 2.21. The highest BCUT2D eigenvalue weighted by molar-refractivity contribution is 7.87. The van der Waals surface area contributed by atoms with E-state index in [0.29, 0.717) is 5.56 Å². The Balaban J connectivity index is 1.60.